The Kier molecular flexibility index (Phi) is 8.22. The van der Waals surface area contributed by atoms with Gasteiger partial charge in [-0.15, -0.1) is 0 Å². The second kappa shape index (κ2) is 8.79. The minimum atomic E-state index is -1.00. The van der Waals surface area contributed by atoms with E-state index in [1.165, 1.54) is 7.11 Å². The smallest absolute Gasteiger partial charge is 0.159 e. The van der Waals surface area contributed by atoms with Crippen LogP contribution in [0.4, 0.5) is 8.78 Å². The number of halogens is 2. The predicted octanol–water partition coefficient (Wildman–Crippen LogP) is 2.05. The number of hydrogen-bond acceptors (Lipinski definition) is 4. The molecule has 0 saturated carbocycles. The molecule has 0 spiro atoms. The maximum absolute atomic E-state index is 12.3. The molecular weight excluding hydrogens is 256 g/mol. The first kappa shape index (κ1) is 17.8. The molecule has 0 atom stereocenters. The molecule has 0 amide bonds. The largest absolute Gasteiger partial charge is 0.497 e. The van der Waals surface area contributed by atoms with E-state index in [2.05, 4.69) is 4.74 Å². The number of aliphatic hydroxyl groups is 1. The first-order valence-electron chi connectivity index (χ1n) is 5.85. The van der Waals surface area contributed by atoms with Crippen molar-refractivity contribution in [2.24, 2.45) is 5.73 Å². The Morgan fingerprint density at radius 2 is 1.74 bits per heavy atom. The molecule has 0 fully saturated rings. The number of benzene rings is 1. The molecule has 4 nitrogen and oxygen atoms in total. The number of nitrogens with two attached hydrogens (primary N) is 1. The molecule has 3 N–H and O–H groups in total. The van der Waals surface area contributed by atoms with Crippen molar-refractivity contribution in [1.29, 1.82) is 0 Å². The highest BCUT2D eigenvalue weighted by molar-refractivity contribution is 5.23. The summed E-state index contributed by atoms with van der Waals surface area (Å²) in [5.41, 5.74) is 5.20. The molecule has 1 rings (SSSR count). The molecule has 0 aromatic heterocycles. The van der Waals surface area contributed by atoms with Gasteiger partial charge in [-0.25, -0.2) is 8.78 Å². The molecule has 0 aliphatic carbocycles. The number of ether oxygens (including phenoxy) is 2. The van der Waals surface area contributed by atoms with Gasteiger partial charge in [-0.3, -0.25) is 0 Å². The molecule has 0 radical (unpaired) electrons. The summed E-state index contributed by atoms with van der Waals surface area (Å²) in [6, 6.07) is 3.02. The average Bonchev–Trinajstić information content (AvgIpc) is 2.27. The summed E-state index contributed by atoms with van der Waals surface area (Å²) in [6.45, 7) is 4.34. The van der Waals surface area contributed by atoms with Crippen LogP contribution in [0.3, 0.4) is 0 Å². The van der Waals surface area contributed by atoms with Crippen LogP contribution in [-0.2, 0) is 4.74 Å². The van der Waals surface area contributed by atoms with Crippen molar-refractivity contribution < 1.29 is 23.4 Å². The predicted molar refractivity (Wildman–Crippen MR) is 68.8 cm³/mol. The number of methoxy groups -OCH3 is 1. The quantitative estimate of drug-likeness (QED) is 0.638. The molecule has 6 heteroatoms. The maximum Gasteiger partial charge on any atom is 0.159 e. The molecule has 0 saturated heterocycles. The van der Waals surface area contributed by atoms with Gasteiger partial charge in [-0.2, -0.15) is 0 Å². The van der Waals surface area contributed by atoms with Crippen LogP contribution in [0.2, 0.25) is 0 Å². The Bertz CT molecular complexity index is 347. The Hall–Kier alpha value is -1.24. The molecule has 110 valence electrons. The van der Waals surface area contributed by atoms with Crippen LogP contribution in [0.1, 0.15) is 20.3 Å². The highest BCUT2D eigenvalue weighted by Crippen LogP contribution is 2.13. The Labute approximate surface area is 112 Å². The zero-order valence-corrected chi connectivity index (χ0v) is 11.5. The Balaban J connectivity index is 0.000000344. The van der Waals surface area contributed by atoms with Crippen molar-refractivity contribution >= 4 is 0 Å². The molecular formula is C13H21F2NO3. The SMILES string of the molecule is CC(C)(O)OCCCN.COc1cc(F)cc(F)c1. The fraction of sp³-hybridized carbons (Fsp3) is 0.538. The van der Waals surface area contributed by atoms with Gasteiger partial charge in [0, 0.05) is 18.2 Å². The molecule has 0 unspecified atom stereocenters. The van der Waals surface area contributed by atoms with Gasteiger partial charge in [0.25, 0.3) is 0 Å². The first-order chi connectivity index (χ1) is 8.78. The topological polar surface area (TPSA) is 64.7 Å². The zero-order valence-electron chi connectivity index (χ0n) is 11.5. The lowest BCUT2D eigenvalue weighted by molar-refractivity contribution is -0.175. The van der Waals surface area contributed by atoms with Crippen LogP contribution >= 0.6 is 0 Å². The van der Waals surface area contributed by atoms with E-state index in [1.54, 1.807) is 13.8 Å². The highest BCUT2D eigenvalue weighted by atomic mass is 19.1. The minimum Gasteiger partial charge on any atom is -0.497 e. The molecule has 1 aromatic rings. The third kappa shape index (κ3) is 10.4. The maximum atomic E-state index is 12.3. The second-order valence-electron chi connectivity index (χ2n) is 4.25. The summed E-state index contributed by atoms with van der Waals surface area (Å²) in [5, 5.41) is 8.98. The third-order valence-electron chi connectivity index (χ3n) is 1.88. The van der Waals surface area contributed by atoms with Crippen molar-refractivity contribution in [3.63, 3.8) is 0 Å². The van der Waals surface area contributed by atoms with E-state index in [9.17, 15) is 8.78 Å². The van der Waals surface area contributed by atoms with Crippen molar-refractivity contribution in [1.82, 2.24) is 0 Å². The van der Waals surface area contributed by atoms with E-state index >= 15 is 0 Å². The van der Waals surface area contributed by atoms with Gasteiger partial charge in [0.1, 0.15) is 17.4 Å². The van der Waals surface area contributed by atoms with Gasteiger partial charge in [0.2, 0.25) is 0 Å². The van der Waals surface area contributed by atoms with Gasteiger partial charge in [-0.1, -0.05) is 0 Å². The van der Waals surface area contributed by atoms with E-state index < -0.39 is 17.4 Å². The number of rotatable bonds is 5. The Morgan fingerprint density at radius 3 is 2.11 bits per heavy atom. The lowest BCUT2D eigenvalue weighted by Gasteiger charge is -2.17. The monoisotopic (exact) mass is 277 g/mol. The molecule has 0 aliphatic heterocycles. The normalized spacial score (nSPS) is 10.7. The van der Waals surface area contributed by atoms with Crippen LogP contribution < -0.4 is 10.5 Å². The molecule has 1 aromatic carbocycles. The van der Waals surface area contributed by atoms with Gasteiger partial charge >= 0.3 is 0 Å². The molecule has 0 bridgehead atoms. The van der Waals surface area contributed by atoms with E-state index in [0.29, 0.717) is 13.2 Å². The van der Waals surface area contributed by atoms with E-state index in [1.807, 2.05) is 0 Å². The zero-order chi connectivity index (χ0) is 14.9. The van der Waals surface area contributed by atoms with Crippen LogP contribution in [-0.4, -0.2) is 31.2 Å². The summed E-state index contributed by atoms with van der Waals surface area (Å²) in [6.07, 6.45) is 0.796. The molecule has 19 heavy (non-hydrogen) atoms. The van der Waals surface area contributed by atoms with Gasteiger partial charge in [-0.05, 0) is 26.8 Å². The van der Waals surface area contributed by atoms with Crippen LogP contribution in [0, 0.1) is 11.6 Å². The summed E-state index contributed by atoms with van der Waals surface area (Å²) < 4.78 is 34.1. The van der Waals surface area contributed by atoms with Gasteiger partial charge < -0.3 is 20.3 Å². The standard InChI is InChI=1S/C7H6F2O.C6H15NO2/c1-10-7-3-5(8)2-6(9)4-7;1-6(2,8)9-5-3-4-7/h2-4H,1H3;8H,3-5,7H2,1-2H3. The molecule has 0 heterocycles. The summed E-state index contributed by atoms with van der Waals surface area (Å²) in [5.74, 6) is -2.07. The highest BCUT2D eigenvalue weighted by Gasteiger charge is 2.10. The van der Waals surface area contributed by atoms with E-state index in [-0.39, 0.29) is 5.75 Å². The summed E-state index contributed by atoms with van der Waals surface area (Å²) in [7, 11) is 1.36. The fourth-order valence-corrected chi connectivity index (χ4v) is 1.05. The van der Waals surface area contributed by atoms with Crippen LogP contribution in [0.5, 0.6) is 5.75 Å². The fourth-order valence-electron chi connectivity index (χ4n) is 1.05. The lowest BCUT2D eigenvalue weighted by atomic mass is 10.3. The van der Waals surface area contributed by atoms with E-state index in [0.717, 1.165) is 24.6 Å². The van der Waals surface area contributed by atoms with Crippen LogP contribution in [0.15, 0.2) is 18.2 Å². The van der Waals surface area contributed by atoms with Crippen molar-refractivity contribution in [2.45, 2.75) is 26.1 Å². The second-order valence-corrected chi connectivity index (χ2v) is 4.25. The number of hydrogen-bond donors (Lipinski definition) is 2. The van der Waals surface area contributed by atoms with Crippen molar-refractivity contribution in [3.8, 4) is 5.75 Å². The van der Waals surface area contributed by atoms with Crippen LogP contribution in [0.25, 0.3) is 0 Å². The van der Waals surface area contributed by atoms with Crippen molar-refractivity contribution in [2.75, 3.05) is 20.3 Å². The minimum absolute atomic E-state index is 0.192. The third-order valence-corrected chi connectivity index (χ3v) is 1.88. The molecule has 0 aliphatic rings. The summed E-state index contributed by atoms with van der Waals surface area (Å²) >= 11 is 0. The first-order valence-corrected chi connectivity index (χ1v) is 5.85. The Morgan fingerprint density at radius 1 is 1.21 bits per heavy atom. The van der Waals surface area contributed by atoms with Crippen molar-refractivity contribution in [3.05, 3.63) is 29.8 Å². The van der Waals surface area contributed by atoms with E-state index in [4.69, 9.17) is 15.6 Å². The van der Waals surface area contributed by atoms with Gasteiger partial charge in [0.15, 0.2) is 5.79 Å². The summed E-state index contributed by atoms with van der Waals surface area (Å²) in [4.78, 5) is 0. The lowest BCUT2D eigenvalue weighted by Crippen LogP contribution is -2.24. The average molecular weight is 277 g/mol. The van der Waals surface area contributed by atoms with Gasteiger partial charge in [0.05, 0.1) is 13.7 Å².